The minimum absolute atomic E-state index is 0.0314. The van der Waals surface area contributed by atoms with Crippen LogP contribution in [0.15, 0.2) is 0 Å². The van der Waals surface area contributed by atoms with Gasteiger partial charge in [0, 0.05) is 0 Å². The van der Waals surface area contributed by atoms with E-state index in [9.17, 15) is 9.59 Å². The van der Waals surface area contributed by atoms with Gasteiger partial charge in [0.15, 0.2) is 0 Å². The Morgan fingerprint density at radius 2 is 1.14 bits per heavy atom. The van der Waals surface area contributed by atoms with Gasteiger partial charge in [-0.2, -0.15) is 0 Å². The predicted octanol–water partition coefficient (Wildman–Crippen LogP) is 6.96. The molecule has 0 unspecified atom stereocenters. The Morgan fingerprint density at radius 1 is 0.759 bits per heavy atom. The number of carbonyl (C=O) groups is 2. The maximum absolute atomic E-state index is 12.1. The van der Waals surface area contributed by atoms with Crippen molar-refractivity contribution < 1.29 is 23.8 Å². The first kappa shape index (κ1) is 25.8. The summed E-state index contributed by atoms with van der Waals surface area (Å²) in [6.07, 6.45) is 20.4. The van der Waals surface area contributed by atoms with E-state index in [0.29, 0.717) is 6.61 Å². The highest BCUT2D eigenvalue weighted by Crippen LogP contribution is 2.24. The van der Waals surface area contributed by atoms with Gasteiger partial charge in [-0.1, -0.05) is 103 Å². The van der Waals surface area contributed by atoms with Crippen molar-refractivity contribution in [3.8, 4) is 0 Å². The van der Waals surface area contributed by atoms with Gasteiger partial charge in [-0.25, -0.2) is 4.79 Å². The van der Waals surface area contributed by atoms with Crippen molar-refractivity contribution in [2.75, 3.05) is 19.8 Å². The predicted molar refractivity (Wildman–Crippen MR) is 116 cm³/mol. The van der Waals surface area contributed by atoms with Crippen molar-refractivity contribution in [1.82, 2.24) is 0 Å². The van der Waals surface area contributed by atoms with Gasteiger partial charge in [-0.05, 0) is 13.3 Å². The highest BCUT2D eigenvalue weighted by Gasteiger charge is 2.41. The molecule has 1 aliphatic rings. The van der Waals surface area contributed by atoms with Gasteiger partial charge >= 0.3 is 12.1 Å². The Labute approximate surface area is 178 Å². The number of esters is 1. The van der Waals surface area contributed by atoms with E-state index in [1.54, 1.807) is 6.92 Å². The first-order chi connectivity index (χ1) is 14.1. The van der Waals surface area contributed by atoms with Gasteiger partial charge in [-0.15, -0.1) is 0 Å². The maximum Gasteiger partial charge on any atom is 0.508 e. The van der Waals surface area contributed by atoms with Gasteiger partial charge < -0.3 is 14.2 Å². The lowest BCUT2D eigenvalue weighted by molar-refractivity contribution is -0.166. The van der Waals surface area contributed by atoms with Crippen LogP contribution in [0.3, 0.4) is 0 Å². The molecule has 0 amide bonds. The number of rotatable bonds is 18. The molecule has 0 N–H and O–H groups in total. The van der Waals surface area contributed by atoms with Crippen LogP contribution < -0.4 is 0 Å². The van der Waals surface area contributed by atoms with Gasteiger partial charge in [-0.3, -0.25) is 4.79 Å². The molecule has 5 nitrogen and oxygen atoms in total. The van der Waals surface area contributed by atoms with Gasteiger partial charge in [0.05, 0.1) is 6.61 Å². The number of hydrogen-bond acceptors (Lipinski definition) is 5. The zero-order chi connectivity index (χ0) is 21.2. The fraction of sp³-hybridized carbons (Fsp3) is 0.917. The Balaban J connectivity index is 1.80. The van der Waals surface area contributed by atoms with Gasteiger partial charge in [0.25, 0.3) is 0 Å². The van der Waals surface area contributed by atoms with E-state index >= 15 is 0 Å². The molecule has 0 saturated carbocycles. The van der Waals surface area contributed by atoms with Crippen LogP contribution in [0, 0.1) is 5.41 Å². The second-order valence-electron chi connectivity index (χ2n) is 8.83. The van der Waals surface area contributed by atoms with Crippen LogP contribution in [0.1, 0.15) is 117 Å². The van der Waals surface area contributed by atoms with Crippen LogP contribution in [-0.4, -0.2) is 31.9 Å². The zero-order valence-corrected chi connectivity index (χ0v) is 19.0. The highest BCUT2D eigenvalue weighted by atomic mass is 16.7. The monoisotopic (exact) mass is 412 g/mol. The average molecular weight is 413 g/mol. The minimum Gasteiger partial charge on any atom is -0.465 e. The van der Waals surface area contributed by atoms with Crippen LogP contribution in [0.4, 0.5) is 4.79 Å². The van der Waals surface area contributed by atoms with E-state index in [0.717, 1.165) is 12.8 Å². The van der Waals surface area contributed by atoms with Crippen LogP contribution in [0.25, 0.3) is 0 Å². The third kappa shape index (κ3) is 12.8. The fourth-order valence-electron chi connectivity index (χ4n) is 3.63. The molecule has 0 aromatic rings. The summed E-state index contributed by atoms with van der Waals surface area (Å²) in [7, 11) is 0. The molecular formula is C24H44O5. The van der Waals surface area contributed by atoms with E-state index in [4.69, 9.17) is 14.2 Å². The first-order valence-corrected chi connectivity index (χ1v) is 12.1. The molecule has 1 heterocycles. The van der Waals surface area contributed by atoms with Crippen molar-refractivity contribution in [3.05, 3.63) is 0 Å². The Kier molecular flexibility index (Phi) is 14.7. The molecule has 0 aromatic carbocycles. The van der Waals surface area contributed by atoms with Crippen molar-refractivity contribution >= 4 is 12.1 Å². The molecule has 29 heavy (non-hydrogen) atoms. The first-order valence-electron chi connectivity index (χ1n) is 12.1. The molecule has 0 atom stereocenters. The highest BCUT2D eigenvalue weighted by molar-refractivity contribution is 5.78. The lowest BCUT2D eigenvalue weighted by atomic mass is 9.93. The maximum atomic E-state index is 12.1. The molecule has 1 fully saturated rings. The number of carbonyl (C=O) groups excluding carboxylic acids is 2. The number of cyclic esters (lactones) is 2. The van der Waals surface area contributed by atoms with Crippen LogP contribution >= 0.6 is 0 Å². The summed E-state index contributed by atoms with van der Waals surface area (Å²) in [5, 5.41) is 0. The second kappa shape index (κ2) is 16.5. The normalized spacial score (nSPS) is 15.6. The van der Waals surface area contributed by atoms with Gasteiger partial charge in [0.2, 0.25) is 0 Å². The summed E-state index contributed by atoms with van der Waals surface area (Å²) >= 11 is 0. The third-order valence-corrected chi connectivity index (χ3v) is 5.74. The standard InChI is InChI=1S/C24H44O5/c1-3-4-5-6-7-8-9-10-11-12-13-14-15-16-17-18-19-27-22(25)24(2)20-28-23(26)29-21-24/h3-21H2,1-2H3. The minimum atomic E-state index is -0.872. The van der Waals surface area contributed by atoms with Gasteiger partial charge in [0.1, 0.15) is 18.6 Å². The molecule has 0 aromatic heterocycles. The molecular weight excluding hydrogens is 368 g/mol. The molecule has 0 aliphatic carbocycles. The van der Waals surface area contributed by atoms with E-state index in [-0.39, 0.29) is 19.2 Å². The summed E-state index contributed by atoms with van der Waals surface area (Å²) in [5.41, 5.74) is -0.872. The lowest BCUT2D eigenvalue weighted by Crippen LogP contribution is -2.44. The molecule has 0 radical (unpaired) electrons. The SMILES string of the molecule is CCCCCCCCCCCCCCCCCCOC(=O)C1(C)COC(=O)OC1. The summed E-state index contributed by atoms with van der Waals surface area (Å²) < 4.78 is 14.9. The van der Waals surface area contributed by atoms with Crippen LogP contribution in [0.2, 0.25) is 0 Å². The Morgan fingerprint density at radius 3 is 1.55 bits per heavy atom. The van der Waals surface area contributed by atoms with Crippen molar-refractivity contribution in [1.29, 1.82) is 0 Å². The molecule has 0 spiro atoms. The molecule has 1 rings (SSSR count). The molecule has 1 aliphatic heterocycles. The molecule has 5 heteroatoms. The van der Waals surface area contributed by atoms with Crippen molar-refractivity contribution in [2.45, 2.75) is 117 Å². The van der Waals surface area contributed by atoms with Crippen LogP contribution in [-0.2, 0) is 19.0 Å². The quantitative estimate of drug-likeness (QED) is 0.180. The second-order valence-corrected chi connectivity index (χ2v) is 8.83. The number of unbranched alkanes of at least 4 members (excludes halogenated alkanes) is 15. The van der Waals surface area contributed by atoms with E-state index in [2.05, 4.69) is 6.92 Å². The van der Waals surface area contributed by atoms with E-state index < -0.39 is 11.6 Å². The van der Waals surface area contributed by atoms with E-state index in [1.165, 1.54) is 89.9 Å². The Hall–Kier alpha value is -1.26. The Bertz CT molecular complexity index is 425. The number of hydrogen-bond donors (Lipinski definition) is 0. The van der Waals surface area contributed by atoms with E-state index in [1.807, 2.05) is 0 Å². The summed E-state index contributed by atoms with van der Waals surface area (Å²) in [4.78, 5) is 23.0. The molecule has 0 bridgehead atoms. The fourth-order valence-corrected chi connectivity index (χ4v) is 3.63. The van der Waals surface area contributed by atoms with Crippen molar-refractivity contribution in [2.24, 2.45) is 5.41 Å². The largest absolute Gasteiger partial charge is 0.508 e. The van der Waals surface area contributed by atoms with Crippen LogP contribution in [0.5, 0.6) is 0 Å². The lowest BCUT2D eigenvalue weighted by Gasteiger charge is -2.29. The molecule has 170 valence electrons. The zero-order valence-electron chi connectivity index (χ0n) is 19.0. The molecule has 1 saturated heterocycles. The third-order valence-electron chi connectivity index (χ3n) is 5.74. The summed E-state index contributed by atoms with van der Waals surface area (Å²) in [5.74, 6) is -0.342. The topological polar surface area (TPSA) is 61.8 Å². The number of ether oxygens (including phenoxy) is 3. The van der Waals surface area contributed by atoms with Crippen molar-refractivity contribution in [3.63, 3.8) is 0 Å². The summed E-state index contributed by atoms with van der Waals surface area (Å²) in [6, 6.07) is 0. The summed E-state index contributed by atoms with van der Waals surface area (Å²) in [6.45, 7) is 4.47. The average Bonchev–Trinajstić information content (AvgIpc) is 2.72. The smallest absolute Gasteiger partial charge is 0.465 e.